The molecule has 0 spiro atoms. The van der Waals surface area contributed by atoms with Crippen LogP contribution in [0.15, 0.2) is 12.1 Å². The van der Waals surface area contributed by atoms with Crippen molar-refractivity contribution in [1.29, 1.82) is 0 Å². The summed E-state index contributed by atoms with van der Waals surface area (Å²) in [5.74, 6) is -0.667. The van der Waals surface area contributed by atoms with Crippen LogP contribution in [0.3, 0.4) is 0 Å². The van der Waals surface area contributed by atoms with E-state index in [2.05, 4.69) is 5.32 Å². The second kappa shape index (κ2) is 4.88. The van der Waals surface area contributed by atoms with Crippen LogP contribution in [0.25, 0.3) is 0 Å². The van der Waals surface area contributed by atoms with Gasteiger partial charge in [0, 0.05) is 11.5 Å². The third-order valence-electron chi connectivity index (χ3n) is 2.74. The molecule has 1 amide bonds. The highest BCUT2D eigenvalue weighted by molar-refractivity contribution is 5.95. The lowest BCUT2D eigenvalue weighted by atomic mass is 9.86. The van der Waals surface area contributed by atoms with Crippen LogP contribution in [0.1, 0.15) is 40.2 Å². The van der Waals surface area contributed by atoms with Gasteiger partial charge in [0.2, 0.25) is 5.91 Å². The number of phenols is 2. The maximum Gasteiger partial charge on any atom is 0.227 e. The number of rotatable bonds is 2. The van der Waals surface area contributed by atoms with E-state index in [-0.39, 0.29) is 34.4 Å². The van der Waals surface area contributed by atoms with Crippen LogP contribution in [0, 0.1) is 5.92 Å². The number of benzene rings is 1. The summed E-state index contributed by atoms with van der Waals surface area (Å²) in [6.45, 7) is 9.35. The van der Waals surface area contributed by atoms with E-state index >= 15 is 0 Å². The molecular formula is C14H21NO3. The van der Waals surface area contributed by atoms with E-state index in [1.807, 2.05) is 20.8 Å². The number of carbonyl (C=O) groups excluding carboxylic acids is 1. The van der Waals surface area contributed by atoms with Crippen molar-refractivity contribution in [3.8, 4) is 11.5 Å². The minimum atomic E-state index is -0.269. The zero-order valence-electron chi connectivity index (χ0n) is 11.5. The number of nitrogens with one attached hydrogen (secondary N) is 1. The molecule has 0 saturated heterocycles. The Bertz CT molecular complexity index is 459. The Morgan fingerprint density at radius 2 is 1.78 bits per heavy atom. The van der Waals surface area contributed by atoms with Gasteiger partial charge in [-0.05, 0) is 11.5 Å². The molecule has 1 rings (SSSR count). The van der Waals surface area contributed by atoms with Crippen LogP contribution in [0.5, 0.6) is 11.5 Å². The zero-order chi connectivity index (χ0) is 14.1. The van der Waals surface area contributed by atoms with Gasteiger partial charge in [0.25, 0.3) is 0 Å². The van der Waals surface area contributed by atoms with Crippen LogP contribution >= 0.6 is 0 Å². The van der Waals surface area contributed by atoms with Crippen molar-refractivity contribution in [2.24, 2.45) is 5.92 Å². The molecule has 0 saturated carbocycles. The number of amides is 1. The maximum atomic E-state index is 11.6. The first-order valence-corrected chi connectivity index (χ1v) is 6.01. The third-order valence-corrected chi connectivity index (χ3v) is 2.74. The number of phenolic OH excluding ortho intramolecular Hbond substituents is 2. The fourth-order valence-electron chi connectivity index (χ4n) is 1.58. The number of hydrogen-bond donors (Lipinski definition) is 3. The van der Waals surface area contributed by atoms with Crippen LogP contribution < -0.4 is 5.32 Å². The van der Waals surface area contributed by atoms with E-state index in [9.17, 15) is 15.0 Å². The van der Waals surface area contributed by atoms with Crippen molar-refractivity contribution in [2.75, 3.05) is 5.32 Å². The van der Waals surface area contributed by atoms with E-state index in [0.717, 1.165) is 0 Å². The second-order valence-electron chi connectivity index (χ2n) is 5.75. The third kappa shape index (κ3) is 2.94. The summed E-state index contributed by atoms with van der Waals surface area (Å²) in [6, 6.07) is 3.14. The largest absolute Gasteiger partial charge is 0.506 e. The van der Waals surface area contributed by atoms with Gasteiger partial charge in [0.05, 0.1) is 0 Å². The van der Waals surface area contributed by atoms with E-state index in [4.69, 9.17) is 0 Å². The quantitative estimate of drug-likeness (QED) is 0.708. The Hall–Kier alpha value is -1.71. The smallest absolute Gasteiger partial charge is 0.227 e. The van der Waals surface area contributed by atoms with Gasteiger partial charge in [-0.1, -0.05) is 40.7 Å². The standard InChI is InChI=1S/C14H21NO3/c1-8(2)13(18)15-11-10(16)7-6-9(12(11)17)14(3,4)5/h6-8,16-17H,1-5H3,(H,15,18). The molecule has 100 valence electrons. The SMILES string of the molecule is CC(C)C(=O)Nc1c(O)ccc(C(C)(C)C)c1O. The van der Waals surface area contributed by atoms with Crippen molar-refractivity contribution in [3.05, 3.63) is 17.7 Å². The van der Waals surface area contributed by atoms with E-state index in [1.165, 1.54) is 6.07 Å². The Morgan fingerprint density at radius 1 is 1.22 bits per heavy atom. The molecule has 0 fully saturated rings. The Morgan fingerprint density at radius 3 is 2.22 bits per heavy atom. The maximum absolute atomic E-state index is 11.6. The Balaban J connectivity index is 3.23. The normalized spacial score (nSPS) is 11.7. The Kier molecular flexibility index (Phi) is 3.89. The molecule has 3 N–H and O–H groups in total. The van der Waals surface area contributed by atoms with Gasteiger partial charge in [-0.3, -0.25) is 4.79 Å². The van der Waals surface area contributed by atoms with Crippen molar-refractivity contribution in [1.82, 2.24) is 0 Å². The molecule has 0 aliphatic heterocycles. The highest BCUT2D eigenvalue weighted by Gasteiger charge is 2.23. The van der Waals surface area contributed by atoms with Gasteiger partial charge < -0.3 is 15.5 Å². The second-order valence-corrected chi connectivity index (χ2v) is 5.75. The first-order valence-electron chi connectivity index (χ1n) is 6.01. The number of carbonyl (C=O) groups is 1. The lowest BCUT2D eigenvalue weighted by Gasteiger charge is -2.22. The molecule has 18 heavy (non-hydrogen) atoms. The summed E-state index contributed by atoms with van der Waals surface area (Å²) < 4.78 is 0. The molecule has 4 nitrogen and oxygen atoms in total. The van der Waals surface area contributed by atoms with Crippen LogP contribution in [0.4, 0.5) is 5.69 Å². The van der Waals surface area contributed by atoms with Crippen molar-refractivity contribution in [2.45, 2.75) is 40.0 Å². The molecule has 0 aliphatic rings. The minimum absolute atomic E-state index is 0.0727. The monoisotopic (exact) mass is 251 g/mol. The predicted molar refractivity (Wildman–Crippen MR) is 71.9 cm³/mol. The fraction of sp³-hybridized carbons (Fsp3) is 0.500. The number of anilines is 1. The molecular weight excluding hydrogens is 230 g/mol. The van der Waals surface area contributed by atoms with Gasteiger partial charge in [-0.25, -0.2) is 0 Å². The van der Waals surface area contributed by atoms with Crippen LogP contribution in [-0.2, 0) is 10.2 Å². The van der Waals surface area contributed by atoms with Crippen molar-refractivity contribution < 1.29 is 15.0 Å². The summed E-state index contributed by atoms with van der Waals surface area (Å²) in [5, 5.41) is 22.5. The highest BCUT2D eigenvalue weighted by Crippen LogP contribution is 2.41. The molecule has 0 bridgehead atoms. The lowest BCUT2D eigenvalue weighted by molar-refractivity contribution is -0.118. The molecule has 0 aliphatic carbocycles. The van der Waals surface area contributed by atoms with Crippen molar-refractivity contribution in [3.63, 3.8) is 0 Å². The van der Waals surface area contributed by atoms with Gasteiger partial charge in [-0.2, -0.15) is 0 Å². The Labute approximate surface area is 108 Å². The van der Waals surface area contributed by atoms with E-state index in [1.54, 1.807) is 19.9 Å². The van der Waals surface area contributed by atoms with Gasteiger partial charge in [-0.15, -0.1) is 0 Å². The topological polar surface area (TPSA) is 69.6 Å². The number of hydrogen-bond acceptors (Lipinski definition) is 3. The van der Waals surface area contributed by atoms with Gasteiger partial charge in [0.15, 0.2) is 0 Å². The molecule has 1 aromatic rings. The van der Waals surface area contributed by atoms with Crippen LogP contribution in [-0.4, -0.2) is 16.1 Å². The summed E-state index contributed by atoms with van der Waals surface area (Å²) in [4.78, 5) is 11.6. The zero-order valence-corrected chi connectivity index (χ0v) is 11.5. The summed E-state index contributed by atoms with van der Waals surface area (Å²) >= 11 is 0. The molecule has 0 atom stereocenters. The molecule has 0 aromatic heterocycles. The molecule has 1 aromatic carbocycles. The molecule has 4 heteroatoms. The summed E-state index contributed by atoms with van der Waals surface area (Å²) in [6.07, 6.45) is 0. The first-order chi connectivity index (χ1) is 8.14. The molecule has 0 radical (unpaired) electrons. The van der Waals surface area contributed by atoms with Gasteiger partial charge in [0.1, 0.15) is 17.2 Å². The average Bonchev–Trinajstić information content (AvgIpc) is 2.21. The molecule has 0 unspecified atom stereocenters. The van der Waals surface area contributed by atoms with Crippen molar-refractivity contribution >= 4 is 11.6 Å². The summed E-state index contributed by atoms with van der Waals surface area (Å²) in [5.41, 5.74) is 0.496. The fourth-order valence-corrected chi connectivity index (χ4v) is 1.58. The predicted octanol–water partition coefficient (Wildman–Crippen LogP) is 2.99. The van der Waals surface area contributed by atoms with Crippen LogP contribution in [0.2, 0.25) is 0 Å². The first kappa shape index (κ1) is 14.4. The highest BCUT2D eigenvalue weighted by atomic mass is 16.3. The minimum Gasteiger partial charge on any atom is -0.506 e. The number of aromatic hydroxyl groups is 2. The average molecular weight is 251 g/mol. The lowest BCUT2D eigenvalue weighted by Crippen LogP contribution is -2.19. The van der Waals surface area contributed by atoms with E-state index < -0.39 is 0 Å². The summed E-state index contributed by atoms with van der Waals surface area (Å²) in [7, 11) is 0. The van der Waals surface area contributed by atoms with E-state index in [0.29, 0.717) is 5.56 Å². The molecule has 0 heterocycles. The van der Waals surface area contributed by atoms with Gasteiger partial charge >= 0.3 is 0 Å².